The van der Waals surface area contributed by atoms with E-state index in [0.29, 0.717) is 0 Å². The second-order valence-electron chi connectivity index (χ2n) is 6.27. The van der Waals surface area contributed by atoms with E-state index >= 15 is 0 Å². The van der Waals surface area contributed by atoms with E-state index < -0.39 is 0 Å². The number of hydrogen-bond donors (Lipinski definition) is 1. The summed E-state index contributed by atoms with van der Waals surface area (Å²) in [6.45, 7) is 22.1. The normalized spacial score (nSPS) is 12.5. The maximum absolute atomic E-state index is 4.09. The fourth-order valence-electron chi connectivity index (χ4n) is 3.65. The van der Waals surface area contributed by atoms with Crippen LogP contribution in [0.4, 0.5) is 0 Å². The molecule has 2 heteroatoms. The van der Waals surface area contributed by atoms with Crippen LogP contribution in [0.3, 0.4) is 0 Å². The summed E-state index contributed by atoms with van der Waals surface area (Å²) in [6, 6.07) is 0. The van der Waals surface area contributed by atoms with Gasteiger partial charge >= 0.3 is 0 Å². The molecule has 0 aromatic carbocycles. The average Bonchev–Trinajstić information content (AvgIpc) is 3.23. The number of rotatable bonds is 7. The topological polar surface area (TPSA) is 20.7 Å². The molecule has 0 aliphatic carbocycles. The van der Waals surface area contributed by atoms with Crippen molar-refractivity contribution in [2.24, 2.45) is 7.05 Å². The Morgan fingerprint density at radius 3 is 2.21 bits per heavy atom. The summed E-state index contributed by atoms with van der Waals surface area (Å²) >= 11 is 0. The number of hydrogen-bond acceptors (Lipinski definition) is 0. The lowest BCUT2D eigenvalue weighted by Gasteiger charge is -2.04. The Labute approximate surface area is 176 Å². The van der Waals surface area contributed by atoms with E-state index in [2.05, 4.69) is 80.6 Å². The van der Waals surface area contributed by atoms with Crippen molar-refractivity contribution < 1.29 is 0 Å². The van der Waals surface area contributed by atoms with Gasteiger partial charge in [-0.1, -0.05) is 77.0 Å². The van der Waals surface area contributed by atoms with Crippen LogP contribution in [0.15, 0.2) is 44.0 Å². The first-order valence-corrected chi connectivity index (χ1v) is 10.4. The van der Waals surface area contributed by atoms with Gasteiger partial charge in [0.2, 0.25) is 0 Å². The molecule has 0 saturated carbocycles. The predicted octanol–water partition coefficient (Wildman–Crippen LogP) is 6.25. The molecule has 0 radical (unpaired) electrons. The van der Waals surface area contributed by atoms with Crippen molar-refractivity contribution in [2.45, 2.75) is 41.0 Å². The molecule has 2 nitrogen and oxygen atoms in total. The molecule has 29 heavy (non-hydrogen) atoms. The molecule has 1 N–H and O–H groups in total. The Bertz CT molecular complexity index is 1030. The van der Waals surface area contributed by atoms with Crippen molar-refractivity contribution in [2.75, 3.05) is 0 Å². The van der Waals surface area contributed by atoms with Gasteiger partial charge in [-0.3, -0.25) is 0 Å². The number of aromatic amines is 1. The molecule has 2 aromatic heterocycles. The zero-order chi connectivity index (χ0) is 22.0. The van der Waals surface area contributed by atoms with Crippen LogP contribution >= 0.6 is 0 Å². The van der Waals surface area contributed by atoms with Crippen LogP contribution in [0.5, 0.6) is 0 Å². The smallest absolute Gasteiger partial charge is 0.0562 e. The van der Waals surface area contributed by atoms with Crippen LogP contribution in [0.1, 0.15) is 57.1 Å². The quantitative estimate of drug-likeness (QED) is 0.541. The van der Waals surface area contributed by atoms with Gasteiger partial charge in [0.15, 0.2) is 0 Å². The monoisotopic (exact) mass is 388 g/mol. The molecule has 0 aliphatic heterocycles. The fraction of sp³-hybridized carbons (Fsp3) is 0.259. The largest absolute Gasteiger partial charge is 0.354 e. The van der Waals surface area contributed by atoms with E-state index in [4.69, 9.17) is 0 Å². The number of H-pyrrole nitrogens is 1. The first-order valence-electron chi connectivity index (χ1n) is 10.4. The molecule has 0 saturated heterocycles. The van der Waals surface area contributed by atoms with Gasteiger partial charge in [-0.2, -0.15) is 0 Å². The van der Waals surface area contributed by atoms with Crippen LogP contribution < -0.4 is 10.6 Å². The van der Waals surface area contributed by atoms with Gasteiger partial charge < -0.3 is 9.55 Å². The summed E-state index contributed by atoms with van der Waals surface area (Å²) in [6.07, 6.45) is 19.0. The predicted molar refractivity (Wildman–Crippen MR) is 134 cm³/mol. The van der Waals surface area contributed by atoms with Crippen LogP contribution in [-0.2, 0) is 13.5 Å². The maximum atomic E-state index is 4.09. The van der Waals surface area contributed by atoms with Gasteiger partial charge in [0.25, 0.3) is 0 Å². The van der Waals surface area contributed by atoms with Gasteiger partial charge in [0.1, 0.15) is 0 Å². The second-order valence-corrected chi connectivity index (χ2v) is 6.27. The fourth-order valence-corrected chi connectivity index (χ4v) is 3.65. The molecule has 0 bridgehead atoms. The molecule has 0 amide bonds. The Kier molecular flexibility index (Phi) is 9.74. The lowest BCUT2D eigenvalue weighted by atomic mass is 10.0. The zero-order valence-electron chi connectivity index (χ0n) is 19.0. The molecule has 154 valence electrons. The Balaban J connectivity index is 0.00000204. The van der Waals surface area contributed by atoms with Crippen LogP contribution in [0, 0.1) is 0 Å². The van der Waals surface area contributed by atoms with Gasteiger partial charge in [0.05, 0.1) is 11.4 Å². The van der Waals surface area contributed by atoms with E-state index in [1.54, 1.807) is 6.08 Å². The third-order valence-electron chi connectivity index (χ3n) is 4.80. The number of nitrogens with zero attached hydrogens (tertiary/aromatic N) is 1. The molecule has 0 atom stereocenters. The molecule has 2 rings (SSSR count). The van der Waals surface area contributed by atoms with Crippen molar-refractivity contribution in [1.29, 1.82) is 0 Å². The second kappa shape index (κ2) is 11.8. The van der Waals surface area contributed by atoms with E-state index in [1.807, 2.05) is 39.0 Å². The lowest BCUT2D eigenvalue weighted by Crippen LogP contribution is -2.28. The van der Waals surface area contributed by atoms with Gasteiger partial charge in [0, 0.05) is 34.4 Å². The van der Waals surface area contributed by atoms with Gasteiger partial charge in [-0.25, -0.2) is 0 Å². The average molecular weight is 389 g/mol. The molecule has 0 fully saturated rings. The van der Waals surface area contributed by atoms with Crippen molar-refractivity contribution in [1.82, 2.24) is 9.55 Å². The minimum absolute atomic E-state index is 0.928. The summed E-state index contributed by atoms with van der Waals surface area (Å²) < 4.78 is 2.21. The highest BCUT2D eigenvalue weighted by molar-refractivity contribution is 5.83. The van der Waals surface area contributed by atoms with Crippen LogP contribution in [0.2, 0.25) is 0 Å². The van der Waals surface area contributed by atoms with E-state index in [-0.39, 0.29) is 0 Å². The molecule has 0 aliphatic rings. The van der Waals surface area contributed by atoms with E-state index in [9.17, 15) is 0 Å². The number of allylic oxidation sites excluding steroid dienone is 4. The molecule has 0 spiro atoms. The Hall–Kier alpha value is -3.00. The zero-order valence-corrected chi connectivity index (χ0v) is 19.0. The highest BCUT2D eigenvalue weighted by Gasteiger charge is 2.19. The van der Waals surface area contributed by atoms with Crippen molar-refractivity contribution in [3.63, 3.8) is 0 Å². The summed E-state index contributed by atoms with van der Waals surface area (Å²) in [4.78, 5) is 3.65. The van der Waals surface area contributed by atoms with Crippen molar-refractivity contribution in [3.05, 3.63) is 77.1 Å². The standard InChI is InChI=1S/C25H30N2.C2H6/c1-8-14-17-21-18(11-4)19(12-5)25(26-21)24-20(13-6)22(15-9-2)27(7)23(24)16-10-3;1-2/h8-10,12-17,26H,1-2,5,11H2,3-4,6-7H3;1-2H3/b16-10-,17-14-,20-13+,22-15+;. The van der Waals surface area contributed by atoms with Crippen molar-refractivity contribution in [3.8, 4) is 11.3 Å². The summed E-state index contributed by atoms with van der Waals surface area (Å²) in [7, 11) is 2.09. The lowest BCUT2D eigenvalue weighted by molar-refractivity contribution is 0.877. The highest BCUT2D eigenvalue weighted by Crippen LogP contribution is 2.31. The number of aromatic nitrogens is 2. The van der Waals surface area contributed by atoms with Crippen molar-refractivity contribution >= 4 is 30.4 Å². The molecular formula is C27H36N2. The first-order chi connectivity index (χ1) is 14.1. The molecule has 2 aromatic rings. The van der Waals surface area contributed by atoms with Crippen LogP contribution in [0.25, 0.3) is 41.6 Å². The summed E-state index contributed by atoms with van der Waals surface area (Å²) in [5.74, 6) is 0. The Morgan fingerprint density at radius 2 is 1.72 bits per heavy atom. The molecule has 0 unspecified atom stereocenters. The SMILES string of the molecule is C=C/C=C\c1[nH]c(-c2c(/C=C\C)n(C)c(=C/C=C)/c2=C\C)c(C=C)c1CC.CC. The van der Waals surface area contributed by atoms with Gasteiger partial charge in [-0.05, 0) is 44.1 Å². The minimum atomic E-state index is 0.928. The third kappa shape index (κ3) is 4.71. The maximum Gasteiger partial charge on any atom is 0.0562 e. The highest BCUT2D eigenvalue weighted by atomic mass is 14.9. The molecular weight excluding hydrogens is 352 g/mol. The third-order valence-corrected chi connectivity index (χ3v) is 4.80. The van der Waals surface area contributed by atoms with Gasteiger partial charge in [-0.15, -0.1) is 0 Å². The first kappa shape index (κ1) is 24.0. The number of nitrogens with one attached hydrogen (secondary N) is 1. The summed E-state index contributed by atoms with van der Waals surface area (Å²) in [5, 5.41) is 2.33. The molecule has 2 heterocycles. The van der Waals surface area contributed by atoms with E-state index in [0.717, 1.165) is 34.4 Å². The van der Waals surface area contributed by atoms with Crippen LogP contribution in [-0.4, -0.2) is 9.55 Å². The Morgan fingerprint density at radius 1 is 1.03 bits per heavy atom. The minimum Gasteiger partial charge on any atom is -0.354 e. The van der Waals surface area contributed by atoms with E-state index in [1.165, 1.54) is 16.3 Å². The summed E-state index contributed by atoms with van der Waals surface area (Å²) in [5.41, 5.74) is 6.98.